The van der Waals surface area contributed by atoms with E-state index in [0.29, 0.717) is 19.8 Å². The molecule has 1 aliphatic carbocycles. The molecule has 1 unspecified atom stereocenters. The molecule has 0 N–H and O–H groups in total. The Hall–Kier alpha value is -2.42. The van der Waals surface area contributed by atoms with E-state index in [9.17, 15) is 0 Å². The van der Waals surface area contributed by atoms with E-state index in [2.05, 4.69) is 23.4 Å². The minimum Gasteiger partial charge on any atom is -0.390 e. The third-order valence-electron chi connectivity index (χ3n) is 3.23. The second-order valence-corrected chi connectivity index (χ2v) is 4.84. The fraction of sp³-hybridized carbons (Fsp3) is 0.333. The number of rotatable bonds is 4. The lowest BCUT2D eigenvalue weighted by Crippen LogP contribution is -2.16. The van der Waals surface area contributed by atoms with Crippen molar-refractivity contribution >= 4 is 5.71 Å². The summed E-state index contributed by atoms with van der Waals surface area (Å²) in [5.41, 5.74) is 2.08. The maximum Gasteiger partial charge on any atom is 0.194 e. The second kappa shape index (κ2) is 9.57. The van der Waals surface area contributed by atoms with Crippen LogP contribution in [0.1, 0.15) is 18.4 Å². The highest BCUT2D eigenvalue weighted by Crippen LogP contribution is 2.22. The van der Waals surface area contributed by atoms with Crippen molar-refractivity contribution in [2.45, 2.75) is 19.1 Å². The molecule has 1 saturated heterocycles. The van der Waals surface area contributed by atoms with Gasteiger partial charge in [0, 0.05) is 12.8 Å². The predicted molar refractivity (Wildman–Crippen MR) is 87.8 cm³/mol. The van der Waals surface area contributed by atoms with E-state index in [1.807, 2.05) is 36.4 Å². The van der Waals surface area contributed by atoms with Gasteiger partial charge in [0.1, 0.15) is 0 Å². The largest absolute Gasteiger partial charge is 0.390 e. The Bertz CT molecular complexity index is 596. The molecule has 5 nitrogen and oxygen atoms in total. The van der Waals surface area contributed by atoms with Crippen LogP contribution in [0.25, 0.3) is 0 Å². The van der Waals surface area contributed by atoms with Crippen molar-refractivity contribution < 1.29 is 14.3 Å². The molecule has 3 rings (SSSR count). The van der Waals surface area contributed by atoms with E-state index in [1.54, 1.807) is 6.07 Å². The lowest BCUT2D eigenvalue weighted by atomic mass is 9.91. The molecule has 1 heterocycles. The average Bonchev–Trinajstić information content (AvgIpc) is 3.10. The summed E-state index contributed by atoms with van der Waals surface area (Å²) in [4.78, 5) is 5.36. The van der Waals surface area contributed by atoms with Crippen molar-refractivity contribution in [2.24, 2.45) is 5.16 Å². The summed E-state index contributed by atoms with van der Waals surface area (Å²) < 4.78 is 10.6. The van der Waals surface area contributed by atoms with Crippen molar-refractivity contribution in [3.05, 3.63) is 60.2 Å². The van der Waals surface area contributed by atoms with Crippen LogP contribution in [0, 0.1) is 11.3 Å². The van der Waals surface area contributed by atoms with Gasteiger partial charge in [-0.15, -0.1) is 0 Å². The zero-order chi connectivity index (χ0) is 16.3. The summed E-state index contributed by atoms with van der Waals surface area (Å²) in [5, 5.41) is 11.5. The monoisotopic (exact) mass is 312 g/mol. The van der Waals surface area contributed by atoms with E-state index < -0.39 is 0 Å². The molecular formula is C18H20N2O3. The number of nitriles is 1. The summed E-state index contributed by atoms with van der Waals surface area (Å²) in [7, 11) is 0. The molecule has 0 spiro atoms. The maximum atomic E-state index is 7.32. The SMILES string of the molecule is C1=CC(=NOCC2OCCO2)C(c2ccccc2)C=C1.CC#N. The molecule has 1 aromatic carbocycles. The minimum atomic E-state index is -0.294. The van der Waals surface area contributed by atoms with Gasteiger partial charge < -0.3 is 14.3 Å². The Kier molecular flexibility index (Phi) is 7.05. The van der Waals surface area contributed by atoms with Crippen LogP contribution in [-0.2, 0) is 14.3 Å². The third kappa shape index (κ3) is 5.37. The van der Waals surface area contributed by atoms with Gasteiger partial charge in [-0.2, -0.15) is 5.26 Å². The number of benzene rings is 1. The lowest BCUT2D eigenvalue weighted by Gasteiger charge is -2.16. The Labute approximate surface area is 136 Å². The summed E-state index contributed by atoms with van der Waals surface area (Å²) in [6.45, 7) is 3.00. The third-order valence-corrected chi connectivity index (χ3v) is 3.23. The molecule has 2 aliphatic rings. The van der Waals surface area contributed by atoms with Crippen LogP contribution in [0.3, 0.4) is 0 Å². The lowest BCUT2D eigenvalue weighted by molar-refractivity contribution is -0.0935. The van der Waals surface area contributed by atoms with Gasteiger partial charge >= 0.3 is 0 Å². The molecule has 0 bridgehead atoms. The molecular weight excluding hydrogens is 292 g/mol. The number of hydrogen-bond acceptors (Lipinski definition) is 5. The van der Waals surface area contributed by atoms with Crippen LogP contribution < -0.4 is 0 Å². The van der Waals surface area contributed by atoms with Gasteiger partial charge in [-0.05, 0) is 11.6 Å². The molecule has 1 atom stereocenters. The first kappa shape index (κ1) is 16.9. The first-order valence-electron chi connectivity index (χ1n) is 7.49. The van der Waals surface area contributed by atoms with E-state index in [-0.39, 0.29) is 12.2 Å². The summed E-state index contributed by atoms with van der Waals surface area (Å²) in [5.74, 6) is 0.131. The number of hydrogen-bond donors (Lipinski definition) is 0. The smallest absolute Gasteiger partial charge is 0.194 e. The van der Waals surface area contributed by atoms with Gasteiger partial charge in [0.15, 0.2) is 12.9 Å². The van der Waals surface area contributed by atoms with E-state index in [0.717, 1.165) is 5.71 Å². The number of ether oxygens (including phenoxy) is 2. The summed E-state index contributed by atoms with van der Waals surface area (Å²) in [6, 6.07) is 12.0. The highest BCUT2D eigenvalue weighted by atomic mass is 16.7. The Morgan fingerprint density at radius 2 is 1.91 bits per heavy atom. The van der Waals surface area contributed by atoms with E-state index in [1.165, 1.54) is 12.5 Å². The fourth-order valence-corrected chi connectivity index (χ4v) is 2.24. The first-order chi connectivity index (χ1) is 11.3. The van der Waals surface area contributed by atoms with Crippen molar-refractivity contribution in [1.82, 2.24) is 0 Å². The van der Waals surface area contributed by atoms with Crippen molar-refractivity contribution in [3.63, 3.8) is 0 Å². The highest BCUT2D eigenvalue weighted by Gasteiger charge is 2.18. The van der Waals surface area contributed by atoms with E-state index in [4.69, 9.17) is 19.6 Å². The van der Waals surface area contributed by atoms with Gasteiger partial charge in [0.25, 0.3) is 0 Å². The van der Waals surface area contributed by atoms with Gasteiger partial charge in [-0.3, -0.25) is 0 Å². The first-order valence-corrected chi connectivity index (χ1v) is 7.49. The standard InChI is InChI=1S/C16H17NO3.C2H3N/c1-2-6-13(7-3-1)14-8-4-5-9-15(14)17-20-12-16-18-10-11-19-16;1-2-3/h1-9,14,16H,10-12H2;1H3. The molecule has 1 aliphatic heterocycles. The van der Waals surface area contributed by atoms with E-state index >= 15 is 0 Å². The molecule has 1 fully saturated rings. The van der Waals surface area contributed by atoms with Gasteiger partial charge in [-0.1, -0.05) is 53.7 Å². The molecule has 0 aromatic heterocycles. The molecule has 120 valence electrons. The molecule has 1 aromatic rings. The maximum absolute atomic E-state index is 7.32. The number of oxime groups is 1. The quantitative estimate of drug-likeness (QED) is 0.801. The zero-order valence-electron chi connectivity index (χ0n) is 13.1. The van der Waals surface area contributed by atoms with Crippen LogP contribution in [0.5, 0.6) is 0 Å². The van der Waals surface area contributed by atoms with Crippen LogP contribution in [-0.4, -0.2) is 31.8 Å². The molecule has 0 amide bonds. The van der Waals surface area contributed by atoms with Crippen molar-refractivity contribution in [1.29, 1.82) is 5.26 Å². The Morgan fingerprint density at radius 3 is 2.61 bits per heavy atom. The molecule has 5 heteroatoms. The topological polar surface area (TPSA) is 63.8 Å². The fourth-order valence-electron chi connectivity index (χ4n) is 2.24. The van der Waals surface area contributed by atoms with Crippen LogP contribution in [0.2, 0.25) is 0 Å². The van der Waals surface area contributed by atoms with Gasteiger partial charge in [0.2, 0.25) is 0 Å². The summed E-state index contributed by atoms with van der Waals surface area (Å²) in [6.07, 6.45) is 7.77. The molecule has 0 radical (unpaired) electrons. The molecule has 23 heavy (non-hydrogen) atoms. The van der Waals surface area contributed by atoms with Gasteiger partial charge in [0.05, 0.1) is 25.0 Å². The zero-order valence-corrected chi connectivity index (χ0v) is 13.1. The number of nitrogens with zero attached hydrogens (tertiary/aromatic N) is 2. The van der Waals surface area contributed by atoms with Crippen LogP contribution in [0.4, 0.5) is 0 Å². The van der Waals surface area contributed by atoms with Crippen LogP contribution >= 0.6 is 0 Å². The van der Waals surface area contributed by atoms with Crippen molar-refractivity contribution in [3.8, 4) is 6.07 Å². The average molecular weight is 312 g/mol. The van der Waals surface area contributed by atoms with Gasteiger partial charge in [-0.25, -0.2) is 0 Å². The molecule has 0 saturated carbocycles. The summed E-state index contributed by atoms with van der Waals surface area (Å²) >= 11 is 0. The van der Waals surface area contributed by atoms with Crippen molar-refractivity contribution in [2.75, 3.05) is 19.8 Å². The Morgan fingerprint density at radius 1 is 1.22 bits per heavy atom. The highest BCUT2D eigenvalue weighted by molar-refractivity contribution is 6.02. The predicted octanol–water partition coefficient (Wildman–Crippen LogP) is 3.17. The number of allylic oxidation sites excluding steroid dienone is 4. The van der Waals surface area contributed by atoms with Crippen LogP contribution in [0.15, 0.2) is 59.8 Å². The minimum absolute atomic E-state index is 0.131. The normalized spacial score (nSPS) is 21.6. The second-order valence-electron chi connectivity index (χ2n) is 4.84. The Balaban J connectivity index is 0.000000595.